The first kappa shape index (κ1) is 13.7. The van der Waals surface area contributed by atoms with Gasteiger partial charge in [0, 0.05) is 17.0 Å². The van der Waals surface area contributed by atoms with Gasteiger partial charge in [-0.3, -0.25) is 0 Å². The molecule has 0 aliphatic heterocycles. The second kappa shape index (κ2) is 4.12. The molecule has 1 aliphatic rings. The lowest BCUT2D eigenvalue weighted by molar-refractivity contribution is 0.479. The van der Waals surface area contributed by atoms with Gasteiger partial charge in [0.15, 0.2) is 0 Å². The van der Waals surface area contributed by atoms with Gasteiger partial charge in [0.25, 0.3) is 0 Å². The molecule has 0 amide bonds. The highest BCUT2D eigenvalue weighted by molar-refractivity contribution is 5.41. The van der Waals surface area contributed by atoms with Gasteiger partial charge in [0.2, 0.25) is 0 Å². The summed E-state index contributed by atoms with van der Waals surface area (Å²) in [6.45, 7) is 16.8. The average Bonchev–Trinajstić information content (AvgIpc) is 2.52. The van der Waals surface area contributed by atoms with Gasteiger partial charge >= 0.3 is 0 Å². The van der Waals surface area contributed by atoms with Crippen LogP contribution >= 0.6 is 0 Å². The first-order valence-electron chi connectivity index (χ1n) is 7.02. The molecule has 2 unspecified atom stereocenters. The van der Waals surface area contributed by atoms with Gasteiger partial charge in [-0.05, 0) is 37.8 Å². The van der Waals surface area contributed by atoms with Crippen molar-refractivity contribution < 1.29 is 4.42 Å². The van der Waals surface area contributed by atoms with Crippen LogP contribution < -0.4 is 5.32 Å². The molecule has 1 N–H and O–H groups in total. The van der Waals surface area contributed by atoms with E-state index in [-0.39, 0.29) is 5.41 Å². The average molecular weight is 249 g/mol. The summed E-state index contributed by atoms with van der Waals surface area (Å²) in [6.07, 6.45) is 0. The van der Waals surface area contributed by atoms with E-state index in [1.54, 1.807) is 0 Å². The van der Waals surface area contributed by atoms with Crippen molar-refractivity contribution in [3.63, 3.8) is 0 Å². The van der Waals surface area contributed by atoms with E-state index >= 15 is 0 Å². The van der Waals surface area contributed by atoms with Crippen molar-refractivity contribution in [2.24, 2.45) is 11.3 Å². The molecule has 1 aromatic heterocycles. The molecule has 0 bridgehead atoms. The third-order valence-corrected chi connectivity index (χ3v) is 5.15. The van der Waals surface area contributed by atoms with E-state index in [2.05, 4.69) is 52.9 Å². The van der Waals surface area contributed by atoms with Crippen molar-refractivity contribution in [3.8, 4) is 0 Å². The normalized spacial score (nSPS) is 29.9. The van der Waals surface area contributed by atoms with Crippen molar-refractivity contribution in [1.82, 2.24) is 5.32 Å². The van der Waals surface area contributed by atoms with Gasteiger partial charge in [-0.25, -0.2) is 0 Å². The van der Waals surface area contributed by atoms with Crippen LogP contribution in [0.4, 0.5) is 0 Å². The van der Waals surface area contributed by atoms with Gasteiger partial charge < -0.3 is 9.73 Å². The maximum atomic E-state index is 5.73. The first-order valence-corrected chi connectivity index (χ1v) is 7.02. The van der Waals surface area contributed by atoms with E-state index < -0.39 is 0 Å². The monoisotopic (exact) mass is 249 g/mol. The fourth-order valence-electron chi connectivity index (χ4n) is 3.60. The molecule has 1 saturated carbocycles. The lowest BCUT2D eigenvalue weighted by Gasteiger charge is -2.14. The molecule has 2 heteroatoms. The van der Waals surface area contributed by atoms with E-state index in [9.17, 15) is 0 Å². The molecule has 2 rings (SSSR count). The van der Waals surface area contributed by atoms with Crippen molar-refractivity contribution in [3.05, 3.63) is 23.2 Å². The highest BCUT2D eigenvalue weighted by Crippen LogP contribution is 2.69. The summed E-state index contributed by atoms with van der Waals surface area (Å²) in [5, 5.41) is 3.58. The van der Waals surface area contributed by atoms with Crippen LogP contribution in [0.5, 0.6) is 0 Å². The SMILES string of the molecule is Cc1cc(C2(C)C(CNC(C)C)C2(C)C)c(C)o1. The smallest absolute Gasteiger partial charge is 0.104 e. The van der Waals surface area contributed by atoms with Gasteiger partial charge in [0.1, 0.15) is 11.5 Å². The van der Waals surface area contributed by atoms with Gasteiger partial charge in [-0.15, -0.1) is 0 Å². The van der Waals surface area contributed by atoms with Crippen LogP contribution in [0.1, 0.15) is 51.7 Å². The van der Waals surface area contributed by atoms with E-state index in [0.717, 1.165) is 18.1 Å². The fraction of sp³-hybridized carbons (Fsp3) is 0.750. The largest absolute Gasteiger partial charge is 0.466 e. The predicted molar refractivity (Wildman–Crippen MR) is 75.9 cm³/mol. The van der Waals surface area contributed by atoms with E-state index in [4.69, 9.17) is 4.42 Å². The molecule has 0 aromatic carbocycles. The molecular weight excluding hydrogens is 222 g/mol. The molecule has 1 aromatic rings. The summed E-state index contributed by atoms with van der Waals surface area (Å²) in [5.74, 6) is 2.81. The molecule has 1 aliphatic carbocycles. The van der Waals surface area contributed by atoms with Crippen LogP contribution in [0.3, 0.4) is 0 Å². The Bertz CT molecular complexity index is 444. The maximum absolute atomic E-state index is 5.73. The number of furan rings is 1. The van der Waals surface area contributed by atoms with Crippen molar-refractivity contribution in [1.29, 1.82) is 0 Å². The molecule has 102 valence electrons. The Kier molecular flexibility index (Phi) is 3.13. The molecule has 1 heterocycles. The number of aryl methyl sites for hydroxylation is 2. The second-order valence-electron chi connectivity index (χ2n) is 6.87. The summed E-state index contributed by atoms with van der Waals surface area (Å²) in [6, 6.07) is 2.78. The quantitative estimate of drug-likeness (QED) is 0.878. The topological polar surface area (TPSA) is 25.2 Å². The highest BCUT2D eigenvalue weighted by Gasteiger charge is 2.68. The molecule has 0 spiro atoms. The van der Waals surface area contributed by atoms with E-state index in [1.807, 2.05) is 6.92 Å². The maximum Gasteiger partial charge on any atom is 0.104 e. The zero-order chi connectivity index (χ0) is 13.7. The summed E-state index contributed by atoms with van der Waals surface area (Å²) >= 11 is 0. The summed E-state index contributed by atoms with van der Waals surface area (Å²) in [4.78, 5) is 0. The molecular formula is C16H27NO. The molecule has 2 nitrogen and oxygen atoms in total. The van der Waals surface area contributed by atoms with Crippen LogP contribution in [0.2, 0.25) is 0 Å². The third kappa shape index (κ3) is 1.82. The minimum Gasteiger partial charge on any atom is -0.466 e. The third-order valence-electron chi connectivity index (χ3n) is 5.15. The van der Waals surface area contributed by atoms with Crippen LogP contribution in [0.25, 0.3) is 0 Å². The zero-order valence-electron chi connectivity index (χ0n) is 12.8. The predicted octanol–water partition coefficient (Wildman–Crippen LogP) is 3.81. The number of nitrogens with one attached hydrogen (secondary N) is 1. The van der Waals surface area contributed by atoms with Crippen LogP contribution in [-0.4, -0.2) is 12.6 Å². The number of rotatable bonds is 4. The molecule has 0 saturated heterocycles. The van der Waals surface area contributed by atoms with Crippen molar-refractivity contribution in [2.75, 3.05) is 6.54 Å². The van der Waals surface area contributed by atoms with Crippen LogP contribution in [0, 0.1) is 25.2 Å². The summed E-state index contributed by atoms with van der Waals surface area (Å²) < 4.78 is 5.73. The standard InChI is InChI=1S/C16H27NO/c1-10(2)17-9-14-15(5,6)16(14,7)13-8-11(3)18-12(13)4/h8,10,14,17H,9H2,1-7H3. The number of hydrogen-bond acceptors (Lipinski definition) is 2. The Balaban J connectivity index is 2.24. The Morgan fingerprint density at radius 1 is 1.28 bits per heavy atom. The highest BCUT2D eigenvalue weighted by atomic mass is 16.3. The molecule has 2 atom stereocenters. The van der Waals surface area contributed by atoms with E-state index in [1.165, 1.54) is 5.56 Å². The minimum atomic E-state index is 0.247. The zero-order valence-corrected chi connectivity index (χ0v) is 12.8. The molecule has 18 heavy (non-hydrogen) atoms. The van der Waals surface area contributed by atoms with Crippen molar-refractivity contribution >= 4 is 0 Å². The fourth-order valence-corrected chi connectivity index (χ4v) is 3.60. The lowest BCUT2D eigenvalue weighted by Crippen LogP contribution is -2.27. The number of hydrogen-bond donors (Lipinski definition) is 1. The second-order valence-corrected chi connectivity index (χ2v) is 6.87. The summed E-state index contributed by atoms with van der Waals surface area (Å²) in [7, 11) is 0. The Morgan fingerprint density at radius 3 is 2.33 bits per heavy atom. The minimum absolute atomic E-state index is 0.247. The van der Waals surface area contributed by atoms with Gasteiger partial charge in [-0.2, -0.15) is 0 Å². The lowest BCUT2D eigenvalue weighted by atomic mass is 9.90. The molecule has 0 radical (unpaired) electrons. The first-order chi connectivity index (χ1) is 8.21. The Hall–Kier alpha value is -0.760. The molecule has 1 fully saturated rings. The van der Waals surface area contributed by atoms with Gasteiger partial charge in [-0.1, -0.05) is 34.6 Å². The van der Waals surface area contributed by atoms with Crippen molar-refractivity contribution in [2.45, 2.75) is 59.9 Å². The Morgan fingerprint density at radius 2 is 1.89 bits per heavy atom. The summed E-state index contributed by atoms with van der Waals surface area (Å²) in [5.41, 5.74) is 1.99. The van der Waals surface area contributed by atoms with Crippen LogP contribution in [-0.2, 0) is 5.41 Å². The Labute approximate surface area is 111 Å². The van der Waals surface area contributed by atoms with Gasteiger partial charge in [0.05, 0.1) is 0 Å². The van der Waals surface area contributed by atoms with E-state index in [0.29, 0.717) is 17.4 Å². The van der Waals surface area contributed by atoms with Crippen LogP contribution in [0.15, 0.2) is 10.5 Å².